The van der Waals surface area contributed by atoms with Gasteiger partial charge in [0.2, 0.25) is 5.76 Å². The molecule has 0 radical (unpaired) electrons. The van der Waals surface area contributed by atoms with Crippen LogP contribution in [0.2, 0.25) is 0 Å². The molecule has 21 heavy (non-hydrogen) atoms. The number of carbonyl (C=O) groups excluding carboxylic acids is 1. The molecule has 3 rings (SSSR count). The van der Waals surface area contributed by atoms with Crippen molar-refractivity contribution >= 4 is 5.91 Å². The van der Waals surface area contributed by atoms with Crippen LogP contribution in [-0.2, 0) is 0 Å². The van der Waals surface area contributed by atoms with E-state index in [1.807, 2.05) is 6.07 Å². The van der Waals surface area contributed by atoms with E-state index in [1.165, 1.54) is 0 Å². The van der Waals surface area contributed by atoms with E-state index in [2.05, 4.69) is 24.2 Å². The fourth-order valence-electron chi connectivity index (χ4n) is 2.64. The second-order valence-electron chi connectivity index (χ2n) is 5.80. The lowest BCUT2D eigenvalue weighted by Gasteiger charge is -2.21. The number of hydrogen-bond acceptors (Lipinski definition) is 5. The van der Waals surface area contributed by atoms with E-state index in [0.29, 0.717) is 18.2 Å². The Kier molecular flexibility index (Phi) is 3.53. The molecule has 1 amide bonds. The number of likely N-dealkylation sites (tertiary alicyclic amines) is 1. The molecule has 1 aliphatic heterocycles. The van der Waals surface area contributed by atoms with Crippen LogP contribution in [0.15, 0.2) is 21.2 Å². The Morgan fingerprint density at radius 1 is 1.33 bits per heavy atom. The molecule has 6 heteroatoms. The summed E-state index contributed by atoms with van der Waals surface area (Å²) in [6.45, 7) is 6.63. The number of aromatic nitrogens is 2. The molecule has 1 fully saturated rings. The molecule has 0 bridgehead atoms. The van der Waals surface area contributed by atoms with E-state index in [4.69, 9.17) is 9.05 Å². The third kappa shape index (κ3) is 2.57. The summed E-state index contributed by atoms with van der Waals surface area (Å²) in [5.74, 6) is 1.20. The van der Waals surface area contributed by atoms with Gasteiger partial charge in [0.1, 0.15) is 0 Å². The smallest absolute Gasteiger partial charge is 0.293 e. The summed E-state index contributed by atoms with van der Waals surface area (Å²) in [5, 5.41) is 7.86. The van der Waals surface area contributed by atoms with Crippen molar-refractivity contribution in [3.05, 3.63) is 35.0 Å². The van der Waals surface area contributed by atoms with E-state index in [0.717, 1.165) is 24.3 Å². The van der Waals surface area contributed by atoms with Crippen molar-refractivity contribution in [3.63, 3.8) is 0 Å². The second-order valence-corrected chi connectivity index (χ2v) is 5.80. The third-order valence-electron chi connectivity index (χ3n) is 3.82. The zero-order valence-electron chi connectivity index (χ0n) is 12.5. The average Bonchev–Trinajstić information content (AvgIpc) is 3.17. The van der Waals surface area contributed by atoms with E-state index in [-0.39, 0.29) is 17.7 Å². The largest absolute Gasteiger partial charge is 0.359 e. The number of nitrogens with zero attached hydrogens (tertiary/aromatic N) is 3. The van der Waals surface area contributed by atoms with Gasteiger partial charge in [-0.25, -0.2) is 0 Å². The second kappa shape index (κ2) is 5.35. The van der Waals surface area contributed by atoms with Crippen LogP contribution in [0.1, 0.15) is 66.4 Å². The predicted molar refractivity (Wildman–Crippen MR) is 74.8 cm³/mol. The van der Waals surface area contributed by atoms with Crippen molar-refractivity contribution in [2.75, 3.05) is 6.54 Å². The topological polar surface area (TPSA) is 72.4 Å². The van der Waals surface area contributed by atoms with Crippen molar-refractivity contribution in [2.45, 2.75) is 45.6 Å². The molecule has 0 N–H and O–H groups in total. The average molecular weight is 289 g/mol. The summed E-state index contributed by atoms with van der Waals surface area (Å²) in [5.41, 5.74) is 1.62. The SMILES string of the molecule is Cc1cc(C(=O)N2CCCC2c2cc(C(C)C)no2)on1. The molecule has 2 aromatic rings. The molecule has 3 heterocycles. The van der Waals surface area contributed by atoms with Crippen LogP contribution in [-0.4, -0.2) is 27.7 Å². The molecule has 1 saturated heterocycles. The Hall–Kier alpha value is -2.11. The van der Waals surface area contributed by atoms with Crippen LogP contribution in [0.25, 0.3) is 0 Å². The van der Waals surface area contributed by atoms with Gasteiger partial charge in [-0.05, 0) is 25.7 Å². The highest BCUT2D eigenvalue weighted by atomic mass is 16.5. The first-order valence-corrected chi connectivity index (χ1v) is 7.27. The van der Waals surface area contributed by atoms with E-state index >= 15 is 0 Å². The number of carbonyl (C=O) groups is 1. The van der Waals surface area contributed by atoms with Gasteiger partial charge in [-0.2, -0.15) is 0 Å². The van der Waals surface area contributed by atoms with Gasteiger partial charge in [0.05, 0.1) is 17.4 Å². The Balaban J connectivity index is 1.83. The maximum absolute atomic E-state index is 12.5. The lowest BCUT2D eigenvalue weighted by Crippen LogP contribution is -2.30. The lowest BCUT2D eigenvalue weighted by atomic mass is 10.1. The summed E-state index contributed by atoms with van der Waals surface area (Å²) in [7, 11) is 0. The molecule has 0 spiro atoms. The molecule has 0 saturated carbocycles. The Bertz CT molecular complexity index is 644. The minimum Gasteiger partial charge on any atom is -0.359 e. The maximum atomic E-state index is 12.5. The van der Waals surface area contributed by atoms with Gasteiger partial charge >= 0.3 is 0 Å². The Morgan fingerprint density at radius 2 is 2.14 bits per heavy atom. The van der Waals surface area contributed by atoms with Gasteiger partial charge in [-0.3, -0.25) is 4.79 Å². The Labute approximate surface area is 123 Å². The van der Waals surface area contributed by atoms with Gasteiger partial charge in [0.15, 0.2) is 5.76 Å². The molecule has 1 aliphatic rings. The van der Waals surface area contributed by atoms with Crippen molar-refractivity contribution in [3.8, 4) is 0 Å². The van der Waals surface area contributed by atoms with E-state index in [1.54, 1.807) is 17.9 Å². The molecular formula is C15H19N3O3. The summed E-state index contributed by atoms with van der Waals surface area (Å²) < 4.78 is 10.5. The highest BCUT2D eigenvalue weighted by molar-refractivity contribution is 5.91. The van der Waals surface area contributed by atoms with Gasteiger partial charge in [0.25, 0.3) is 5.91 Å². The van der Waals surface area contributed by atoms with Crippen LogP contribution >= 0.6 is 0 Å². The number of aryl methyl sites for hydroxylation is 1. The summed E-state index contributed by atoms with van der Waals surface area (Å²) >= 11 is 0. The van der Waals surface area contributed by atoms with Crippen molar-refractivity contribution in [1.29, 1.82) is 0 Å². The standard InChI is InChI=1S/C15H19N3O3/c1-9(2)11-8-13(20-17-11)12-5-4-6-18(12)15(19)14-7-10(3)16-21-14/h7-9,12H,4-6H2,1-3H3. The number of hydrogen-bond donors (Lipinski definition) is 0. The van der Waals surface area contributed by atoms with Gasteiger partial charge in [-0.1, -0.05) is 24.2 Å². The molecule has 1 unspecified atom stereocenters. The highest BCUT2D eigenvalue weighted by Crippen LogP contribution is 2.34. The van der Waals surface area contributed by atoms with Gasteiger partial charge < -0.3 is 13.9 Å². The maximum Gasteiger partial charge on any atom is 0.293 e. The minimum absolute atomic E-state index is 0.0668. The molecule has 0 aliphatic carbocycles. The monoisotopic (exact) mass is 289 g/mol. The number of amides is 1. The van der Waals surface area contributed by atoms with Crippen LogP contribution in [0.4, 0.5) is 0 Å². The fraction of sp³-hybridized carbons (Fsp3) is 0.533. The molecule has 0 aromatic carbocycles. The normalized spacial score (nSPS) is 18.7. The highest BCUT2D eigenvalue weighted by Gasteiger charge is 2.35. The van der Waals surface area contributed by atoms with Crippen LogP contribution in [0.5, 0.6) is 0 Å². The molecule has 2 aromatic heterocycles. The number of rotatable bonds is 3. The first-order valence-electron chi connectivity index (χ1n) is 7.27. The van der Waals surface area contributed by atoms with Crippen LogP contribution in [0, 0.1) is 6.92 Å². The zero-order valence-corrected chi connectivity index (χ0v) is 12.5. The predicted octanol–water partition coefficient (Wildman–Crippen LogP) is 3.07. The lowest BCUT2D eigenvalue weighted by molar-refractivity contribution is 0.0672. The van der Waals surface area contributed by atoms with Crippen LogP contribution < -0.4 is 0 Å². The van der Waals surface area contributed by atoms with Crippen molar-refractivity contribution in [1.82, 2.24) is 15.2 Å². The zero-order chi connectivity index (χ0) is 15.0. The minimum atomic E-state index is -0.138. The molecular weight excluding hydrogens is 270 g/mol. The van der Waals surface area contributed by atoms with Gasteiger partial charge in [0, 0.05) is 18.7 Å². The summed E-state index contributed by atoms with van der Waals surface area (Å²) in [6.07, 6.45) is 1.83. The van der Waals surface area contributed by atoms with Crippen LogP contribution in [0.3, 0.4) is 0 Å². The first-order chi connectivity index (χ1) is 10.1. The quantitative estimate of drug-likeness (QED) is 0.868. The van der Waals surface area contributed by atoms with E-state index in [9.17, 15) is 4.79 Å². The summed E-state index contributed by atoms with van der Waals surface area (Å²) in [6, 6.07) is 3.55. The summed E-state index contributed by atoms with van der Waals surface area (Å²) in [4.78, 5) is 14.3. The molecule has 6 nitrogen and oxygen atoms in total. The van der Waals surface area contributed by atoms with Gasteiger partial charge in [-0.15, -0.1) is 0 Å². The Morgan fingerprint density at radius 3 is 2.76 bits per heavy atom. The van der Waals surface area contributed by atoms with Crippen molar-refractivity contribution < 1.29 is 13.8 Å². The van der Waals surface area contributed by atoms with Crippen molar-refractivity contribution in [2.24, 2.45) is 0 Å². The van der Waals surface area contributed by atoms with E-state index < -0.39 is 0 Å². The molecule has 1 atom stereocenters. The molecule has 112 valence electrons. The first kappa shape index (κ1) is 13.9. The third-order valence-corrected chi connectivity index (χ3v) is 3.82. The fourth-order valence-corrected chi connectivity index (χ4v) is 2.64.